The summed E-state index contributed by atoms with van der Waals surface area (Å²) in [5.74, 6) is 0. The van der Waals surface area contributed by atoms with Crippen molar-refractivity contribution in [2.75, 3.05) is 0 Å². The summed E-state index contributed by atoms with van der Waals surface area (Å²) in [6, 6.07) is 6.36. The quantitative estimate of drug-likeness (QED) is 0.945. The average molecular weight is 320 g/mol. The van der Waals surface area contributed by atoms with Gasteiger partial charge in [0.1, 0.15) is 0 Å². The van der Waals surface area contributed by atoms with Gasteiger partial charge in [-0.1, -0.05) is 28.1 Å². The van der Waals surface area contributed by atoms with Crippen LogP contribution in [0.5, 0.6) is 0 Å². The van der Waals surface area contributed by atoms with E-state index in [1.807, 2.05) is 6.33 Å². The number of rotatable bonds is 3. The van der Waals surface area contributed by atoms with Crippen molar-refractivity contribution in [2.45, 2.75) is 38.8 Å². The fraction of sp³-hybridized carbons (Fsp3) is 0.400. The van der Waals surface area contributed by atoms with Crippen molar-refractivity contribution in [3.05, 3.63) is 51.5 Å². The van der Waals surface area contributed by atoms with Crippen LogP contribution in [0.15, 0.2) is 29.0 Å². The SMILES string of the molecule is NCc1ccc(Cn2cnc3c2CCCC3)c(Br)c1. The zero-order chi connectivity index (χ0) is 13.2. The number of imidazole rings is 1. The fourth-order valence-electron chi connectivity index (χ4n) is 2.70. The highest BCUT2D eigenvalue weighted by Gasteiger charge is 2.15. The van der Waals surface area contributed by atoms with Gasteiger partial charge in [0.25, 0.3) is 0 Å². The third-order valence-corrected chi connectivity index (χ3v) is 4.54. The van der Waals surface area contributed by atoms with Gasteiger partial charge in [-0.2, -0.15) is 0 Å². The number of halogens is 1. The molecule has 3 rings (SSSR count). The molecule has 19 heavy (non-hydrogen) atoms. The summed E-state index contributed by atoms with van der Waals surface area (Å²) in [4.78, 5) is 4.54. The summed E-state index contributed by atoms with van der Waals surface area (Å²) in [6.45, 7) is 1.47. The Bertz CT molecular complexity index is 589. The average Bonchev–Trinajstić information content (AvgIpc) is 2.84. The number of benzene rings is 1. The third-order valence-electron chi connectivity index (χ3n) is 3.80. The Labute approximate surface area is 122 Å². The molecular weight excluding hydrogens is 302 g/mol. The van der Waals surface area contributed by atoms with E-state index < -0.39 is 0 Å². The van der Waals surface area contributed by atoms with E-state index in [0.29, 0.717) is 6.54 Å². The van der Waals surface area contributed by atoms with Gasteiger partial charge in [-0.15, -0.1) is 0 Å². The van der Waals surface area contributed by atoms with E-state index in [0.717, 1.165) is 29.4 Å². The van der Waals surface area contributed by atoms with Crippen LogP contribution in [0.2, 0.25) is 0 Å². The second-order valence-corrected chi connectivity index (χ2v) is 5.96. The minimum atomic E-state index is 0.583. The largest absolute Gasteiger partial charge is 0.330 e. The Kier molecular flexibility index (Phi) is 3.71. The van der Waals surface area contributed by atoms with Gasteiger partial charge >= 0.3 is 0 Å². The molecule has 0 atom stereocenters. The Morgan fingerprint density at radius 1 is 1.26 bits per heavy atom. The van der Waals surface area contributed by atoms with Crippen LogP contribution in [0.1, 0.15) is 35.4 Å². The molecule has 0 amide bonds. The molecule has 4 heteroatoms. The van der Waals surface area contributed by atoms with Crippen LogP contribution in [0.3, 0.4) is 0 Å². The van der Waals surface area contributed by atoms with Crippen molar-refractivity contribution < 1.29 is 0 Å². The summed E-state index contributed by atoms with van der Waals surface area (Å²) in [5, 5.41) is 0. The molecule has 0 radical (unpaired) electrons. The van der Waals surface area contributed by atoms with Gasteiger partial charge < -0.3 is 10.3 Å². The molecule has 0 spiro atoms. The second kappa shape index (κ2) is 5.47. The van der Waals surface area contributed by atoms with Crippen molar-refractivity contribution in [1.29, 1.82) is 0 Å². The molecule has 0 fully saturated rings. The highest BCUT2D eigenvalue weighted by Crippen LogP contribution is 2.24. The van der Waals surface area contributed by atoms with Gasteiger partial charge in [-0.3, -0.25) is 0 Å². The van der Waals surface area contributed by atoms with E-state index in [1.54, 1.807) is 0 Å². The Morgan fingerprint density at radius 2 is 2.11 bits per heavy atom. The Morgan fingerprint density at radius 3 is 2.89 bits per heavy atom. The zero-order valence-corrected chi connectivity index (χ0v) is 12.5. The van der Waals surface area contributed by atoms with E-state index in [9.17, 15) is 0 Å². The van der Waals surface area contributed by atoms with Gasteiger partial charge in [-0.25, -0.2) is 4.98 Å². The van der Waals surface area contributed by atoms with Gasteiger partial charge in [0.2, 0.25) is 0 Å². The molecule has 0 aliphatic heterocycles. The molecule has 1 heterocycles. The van der Waals surface area contributed by atoms with Gasteiger partial charge in [0.05, 0.1) is 12.0 Å². The zero-order valence-electron chi connectivity index (χ0n) is 10.9. The topological polar surface area (TPSA) is 43.8 Å². The predicted octanol–water partition coefficient (Wildman–Crippen LogP) is 3.03. The highest BCUT2D eigenvalue weighted by molar-refractivity contribution is 9.10. The first-order valence-corrected chi connectivity index (χ1v) is 7.57. The Hall–Kier alpha value is -1.13. The minimum Gasteiger partial charge on any atom is -0.330 e. The molecule has 1 aromatic heterocycles. The number of aromatic nitrogens is 2. The lowest BCUT2D eigenvalue weighted by Gasteiger charge is -2.15. The molecule has 0 saturated carbocycles. The van der Waals surface area contributed by atoms with Gasteiger partial charge in [-0.05, 0) is 42.9 Å². The molecule has 0 saturated heterocycles. The lowest BCUT2D eigenvalue weighted by atomic mass is 10.0. The standard InChI is InChI=1S/C15H18BrN3/c16-13-7-11(8-17)5-6-12(13)9-19-10-18-14-3-1-2-4-15(14)19/h5-7,10H,1-4,8-9,17H2. The summed E-state index contributed by atoms with van der Waals surface area (Å²) < 4.78 is 3.42. The van der Waals surface area contributed by atoms with Crippen LogP contribution in [-0.2, 0) is 25.9 Å². The lowest BCUT2D eigenvalue weighted by Crippen LogP contribution is -2.09. The summed E-state index contributed by atoms with van der Waals surface area (Å²) in [6.07, 6.45) is 6.84. The van der Waals surface area contributed by atoms with Crippen LogP contribution in [0.25, 0.3) is 0 Å². The molecule has 100 valence electrons. The summed E-state index contributed by atoms with van der Waals surface area (Å²) in [7, 11) is 0. The molecule has 3 nitrogen and oxygen atoms in total. The first-order chi connectivity index (χ1) is 9.28. The normalized spacial score (nSPS) is 14.4. The highest BCUT2D eigenvalue weighted by atomic mass is 79.9. The van der Waals surface area contributed by atoms with E-state index in [4.69, 9.17) is 5.73 Å². The van der Waals surface area contributed by atoms with Gasteiger partial charge in [0.15, 0.2) is 0 Å². The number of nitrogens with two attached hydrogens (primary N) is 1. The number of fused-ring (bicyclic) bond motifs is 1. The van der Waals surface area contributed by atoms with E-state index in [2.05, 4.69) is 43.7 Å². The number of hydrogen-bond acceptors (Lipinski definition) is 2. The molecule has 1 aliphatic carbocycles. The molecule has 2 N–H and O–H groups in total. The van der Waals surface area contributed by atoms with Crippen LogP contribution >= 0.6 is 15.9 Å². The van der Waals surface area contributed by atoms with Crippen LogP contribution in [0.4, 0.5) is 0 Å². The molecule has 1 aromatic carbocycles. The summed E-state index contributed by atoms with van der Waals surface area (Å²) >= 11 is 3.64. The van der Waals surface area contributed by atoms with Crippen molar-refractivity contribution in [2.24, 2.45) is 5.73 Å². The second-order valence-electron chi connectivity index (χ2n) is 5.10. The molecule has 0 unspecified atom stereocenters. The van der Waals surface area contributed by atoms with Crippen molar-refractivity contribution in [1.82, 2.24) is 9.55 Å². The number of hydrogen-bond donors (Lipinski definition) is 1. The lowest BCUT2D eigenvalue weighted by molar-refractivity contribution is 0.628. The van der Waals surface area contributed by atoms with Crippen LogP contribution in [0, 0.1) is 0 Å². The molecule has 0 bridgehead atoms. The first kappa shape index (κ1) is 12.9. The molecule has 1 aliphatic rings. The fourth-order valence-corrected chi connectivity index (χ4v) is 3.25. The summed E-state index contributed by atoms with van der Waals surface area (Å²) in [5.41, 5.74) is 10.8. The monoisotopic (exact) mass is 319 g/mol. The maximum Gasteiger partial charge on any atom is 0.0954 e. The van der Waals surface area contributed by atoms with E-state index >= 15 is 0 Å². The third kappa shape index (κ3) is 2.60. The van der Waals surface area contributed by atoms with Crippen molar-refractivity contribution >= 4 is 15.9 Å². The van der Waals surface area contributed by atoms with Crippen molar-refractivity contribution in [3.63, 3.8) is 0 Å². The Balaban J connectivity index is 1.87. The first-order valence-electron chi connectivity index (χ1n) is 6.78. The number of nitrogens with zero attached hydrogens (tertiary/aromatic N) is 2. The van der Waals surface area contributed by atoms with Crippen LogP contribution < -0.4 is 5.73 Å². The minimum absolute atomic E-state index is 0.583. The van der Waals surface area contributed by atoms with Gasteiger partial charge in [0, 0.05) is 23.3 Å². The molecular formula is C15H18BrN3. The number of aryl methyl sites for hydroxylation is 1. The predicted molar refractivity (Wildman–Crippen MR) is 80.0 cm³/mol. The smallest absolute Gasteiger partial charge is 0.0954 e. The van der Waals surface area contributed by atoms with E-state index in [-0.39, 0.29) is 0 Å². The maximum atomic E-state index is 5.66. The van der Waals surface area contributed by atoms with Crippen LogP contribution in [-0.4, -0.2) is 9.55 Å². The van der Waals surface area contributed by atoms with E-state index in [1.165, 1.54) is 29.8 Å². The van der Waals surface area contributed by atoms with Crippen molar-refractivity contribution in [3.8, 4) is 0 Å². The maximum absolute atomic E-state index is 5.66. The molecule has 2 aromatic rings.